The molecule has 0 spiro atoms. The van der Waals surface area contributed by atoms with E-state index < -0.39 is 17.6 Å². The zero-order valence-corrected chi connectivity index (χ0v) is 23.3. The highest BCUT2D eigenvalue weighted by Crippen LogP contribution is 2.24. The molecular formula is C30H33N5O5. The van der Waals surface area contributed by atoms with Gasteiger partial charge in [-0.3, -0.25) is 9.59 Å². The molecular weight excluding hydrogens is 510 g/mol. The van der Waals surface area contributed by atoms with E-state index in [0.717, 1.165) is 11.1 Å². The Labute approximate surface area is 232 Å². The summed E-state index contributed by atoms with van der Waals surface area (Å²) in [5, 5.41) is 10.3. The van der Waals surface area contributed by atoms with Gasteiger partial charge in [0.05, 0.1) is 18.5 Å². The van der Waals surface area contributed by atoms with Crippen molar-refractivity contribution in [3.8, 4) is 11.4 Å². The summed E-state index contributed by atoms with van der Waals surface area (Å²) in [6.45, 7) is 9.54. The van der Waals surface area contributed by atoms with Crippen molar-refractivity contribution in [2.45, 2.75) is 53.2 Å². The molecule has 2 heterocycles. The van der Waals surface area contributed by atoms with Gasteiger partial charge in [0.1, 0.15) is 5.60 Å². The number of carbonyl (C=O) groups is 3. The Morgan fingerprint density at radius 1 is 1.02 bits per heavy atom. The smallest absolute Gasteiger partial charge is 0.407 e. The first-order valence-electron chi connectivity index (χ1n) is 13.0. The van der Waals surface area contributed by atoms with E-state index in [2.05, 4.69) is 20.7 Å². The van der Waals surface area contributed by atoms with Gasteiger partial charge in [0.25, 0.3) is 5.91 Å². The Morgan fingerprint density at radius 2 is 1.80 bits per heavy atom. The second-order valence-electron chi connectivity index (χ2n) is 10.2. The minimum atomic E-state index is -0.596. The van der Waals surface area contributed by atoms with Crippen LogP contribution in [0.25, 0.3) is 16.9 Å². The van der Waals surface area contributed by atoms with E-state index in [0.29, 0.717) is 28.2 Å². The Bertz CT molecular complexity index is 1550. The van der Waals surface area contributed by atoms with Crippen molar-refractivity contribution < 1.29 is 23.9 Å². The van der Waals surface area contributed by atoms with Crippen molar-refractivity contribution in [3.05, 3.63) is 83.2 Å². The topological polar surface area (TPSA) is 124 Å². The lowest BCUT2D eigenvalue weighted by atomic mass is 10.0. The fourth-order valence-electron chi connectivity index (χ4n) is 4.13. The molecule has 0 radical (unpaired) electrons. The van der Waals surface area contributed by atoms with E-state index in [1.165, 1.54) is 0 Å². The number of ether oxygens (including phenoxy) is 2. The summed E-state index contributed by atoms with van der Waals surface area (Å²) in [5.74, 6) is -0.470. The van der Waals surface area contributed by atoms with Gasteiger partial charge in [-0.15, -0.1) is 5.10 Å². The predicted octanol–water partition coefficient (Wildman–Crippen LogP) is 5.09. The third-order valence-electron chi connectivity index (χ3n) is 5.86. The monoisotopic (exact) mass is 543 g/mol. The second-order valence-corrected chi connectivity index (χ2v) is 10.2. The Balaban J connectivity index is 1.61. The number of anilines is 1. The molecule has 0 aliphatic carbocycles. The standard InChI is InChI=1S/C30H33N5O5/c1-6-39-24(36)17-21-12-7-10-19(2)25(21)33-28(37)26-23-14-9-15-35(23)34-27(32-26)22-13-8-11-20(16-22)18-31-29(38)40-30(3,4)5/h7-16H,6,17-18H2,1-5H3,(H,31,38)(H,33,37). The van der Waals surface area contributed by atoms with Gasteiger partial charge in [0.2, 0.25) is 0 Å². The number of hydrogen-bond acceptors (Lipinski definition) is 7. The number of carbonyl (C=O) groups excluding carboxylic acids is 3. The molecule has 0 saturated carbocycles. The van der Waals surface area contributed by atoms with Gasteiger partial charge in [-0.05, 0) is 69.5 Å². The number of esters is 1. The van der Waals surface area contributed by atoms with Crippen molar-refractivity contribution in [2.24, 2.45) is 0 Å². The molecule has 208 valence electrons. The highest BCUT2D eigenvalue weighted by molar-refractivity contribution is 6.08. The normalized spacial score (nSPS) is 11.2. The summed E-state index contributed by atoms with van der Waals surface area (Å²) >= 11 is 0. The van der Waals surface area contributed by atoms with Crippen LogP contribution in [0.2, 0.25) is 0 Å². The maximum Gasteiger partial charge on any atom is 0.407 e. The third kappa shape index (κ3) is 7.02. The van der Waals surface area contributed by atoms with Gasteiger partial charge < -0.3 is 20.1 Å². The zero-order valence-electron chi connectivity index (χ0n) is 23.3. The largest absolute Gasteiger partial charge is 0.466 e. The molecule has 0 atom stereocenters. The Kier molecular flexibility index (Phi) is 8.47. The quantitative estimate of drug-likeness (QED) is 0.297. The molecule has 2 aromatic carbocycles. The minimum absolute atomic E-state index is 0.0326. The van der Waals surface area contributed by atoms with Crippen LogP contribution >= 0.6 is 0 Å². The van der Waals surface area contributed by atoms with Crippen molar-refractivity contribution in [1.82, 2.24) is 19.9 Å². The van der Waals surface area contributed by atoms with Crippen LogP contribution in [0.1, 0.15) is 54.9 Å². The number of hydrogen-bond donors (Lipinski definition) is 2. The Hall–Kier alpha value is -4.73. The lowest BCUT2D eigenvalue weighted by Crippen LogP contribution is -2.32. The summed E-state index contributed by atoms with van der Waals surface area (Å²) < 4.78 is 12.0. The Morgan fingerprint density at radius 3 is 2.55 bits per heavy atom. The number of amides is 2. The van der Waals surface area contributed by atoms with Crippen LogP contribution < -0.4 is 10.6 Å². The molecule has 4 rings (SSSR count). The summed E-state index contributed by atoms with van der Waals surface area (Å²) in [6.07, 6.45) is 1.26. The summed E-state index contributed by atoms with van der Waals surface area (Å²) in [7, 11) is 0. The van der Waals surface area contributed by atoms with Crippen LogP contribution in [-0.2, 0) is 27.2 Å². The van der Waals surface area contributed by atoms with Crippen LogP contribution in [0, 0.1) is 6.92 Å². The number of alkyl carbamates (subject to hydrolysis) is 1. The molecule has 10 heteroatoms. The van der Waals surface area contributed by atoms with Crippen LogP contribution in [0.4, 0.5) is 10.5 Å². The van der Waals surface area contributed by atoms with E-state index in [4.69, 9.17) is 9.47 Å². The van der Waals surface area contributed by atoms with E-state index in [-0.39, 0.29) is 31.2 Å². The van der Waals surface area contributed by atoms with Crippen molar-refractivity contribution in [1.29, 1.82) is 0 Å². The first kappa shape index (κ1) is 28.3. The van der Waals surface area contributed by atoms with E-state index in [1.807, 2.05) is 43.3 Å². The first-order chi connectivity index (χ1) is 19.0. The zero-order chi connectivity index (χ0) is 28.9. The number of nitrogens with one attached hydrogen (secondary N) is 2. The molecule has 4 aromatic rings. The highest BCUT2D eigenvalue weighted by Gasteiger charge is 2.20. The summed E-state index contributed by atoms with van der Waals surface area (Å²) in [5.41, 5.74) is 3.60. The van der Waals surface area contributed by atoms with Gasteiger partial charge in [-0.2, -0.15) is 0 Å². The predicted molar refractivity (Wildman–Crippen MR) is 151 cm³/mol. The van der Waals surface area contributed by atoms with Crippen molar-refractivity contribution in [3.63, 3.8) is 0 Å². The molecule has 2 N–H and O–H groups in total. The second kappa shape index (κ2) is 12.0. The van der Waals surface area contributed by atoms with Gasteiger partial charge in [0.15, 0.2) is 11.5 Å². The number of benzene rings is 2. The number of aromatic nitrogens is 3. The van der Waals surface area contributed by atoms with Gasteiger partial charge in [0, 0.05) is 24.0 Å². The number of para-hydroxylation sites is 1. The third-order valence-corrected chi connectivity index (χ3v) is 5.86. The van der Waals surface area contributed by atoms with Crippen LogP contribution in [0.3, 0.4) is 0 Å². The number of aryl methyl sites for hydroxylation is 1. The molecule has 0 aliphatic rings. The van der Waals surface area contributed by atoms with E-state index in [9.17, 15) is 14.4 Å². The summed E-state index contributed by atoms with van der Waals surface area (Å²) in [6, 6.07) is 16.4. The number of fused-ring (bicyclic) bond motifs is 1. The molecule has 2 aromatic heterocycles. The number of rotatable bonds is 8. The van der Waals surface area contributed by atoms with Gasteiger partial charge in [-0.25, -0.2) is 14.3 Å². The molecule has 0 fully saturated rings. The fourth-order valence-corrected chi connectivity index (χ4v) is 4.13. The van der Waals surface area contributed by atoms with Crippen LogP contribution in [0.15, 0.2) is 60.8 Å². The molecule has 0 aliphatic heterocycles. The van der Waals surface area contributed by atoms with Gasteiger partial charge >= 0.3 is 12.1 Å². The lowest BCUT2D eigenvalue weighted by molar-refractivity contribution is -0.142. The SMILES string of the molecule is CCOC(=O)Cc1cccc(C)c1NC(=O)c1nc(-c2cccc(CNC(=O)OC(C)(C)C)c2)nn2cccc12. The molecule has 0 unspecified atom stereocenters. The number of nitrogens with zero attached hydrogens (tertiary/aromatic N) is 3. The summed E-state index contributed by atoms with van der Waals surface area (Å²) in [4.78, 5) is 42.5. The molecule has 2 amide bonds. The molecule has 0 bridgehead atoms. The van der Waals surface area contributed by atoms with Crippen molar-refractivity contribution in [2.75, 3.05) is 11.9 Å². The maximum atomic E-state index is 13.6. The van der Waals surface area contributed by atoms with E-state index in [1.54, 1.807) is 56.6 Å². The molecule has 40 heavy (non-hydrogen) atoms. The molecule has 10 nitrogen and oxygen atoms in total. The minimum Gasteiger partial charge on any atom is -0.466 e. The maximum absolute atomic E-state index is 13.6. The lowest BCUT2D eigenvalue weighted by Gasteiger charge is -2.19. The average molecular weight is 544 g/mol. The van der Waals surface area contributed by atoms with Crippen molar-refractivity contribution >= 4 is 29.2 Å². The average Bonchev–Trinajstić information content (AvgIpc) is 3.37. The first-order valence-corrected chi connectivity index (χ1v) is 13.0. The molecule has 0 saturated heterocycles. The van der Waals surface area contributed by atoms with Gasteiger partial charge in [-0.1, -0.05) is 36.4 Å². The van der Waals surface area contributed by atoms with Crippen LogP contribution in [-0.4, -0.2) is 44.8 Å². The fraction of sp³-hybridized carbons (Fsp3) is 0.300. The van der Waals surface area contributed by atoms with Crippen LogP contribution in [0.5, 0.6) is 0 Å². The van der Waals surface area contributed by atoms with E-state index >= 15 is 0 Å². The highest BCUT2D eigenvalue weighted by atomic mass is 16.6.